The molecule has 0 bridgehead atoms. The summed E-state index contributed by atoms with van der Waals surface area (Å²) in [5.74, 6) is -4.17. The summed E-state index contributed by atoms with van der Waals surface area (Å²) in [6.45, 7) is 7.47. The molecule has 0 spiro atoms. The van der Waals surface area contributed by atoms with Gasteiger partial charge >= 0.3 is 24.1 Å². The summed E-state index contributed by atoms with van der Waals surface area (Å²) < 4.78 is 50.8. The lowest BCUT2D eigenvalue weighted by atomic mass is 9.43. The number of halogens is 3. The zero-order chi connectivity index (χ0) is 28.2. The van der Waals surface area contributed by atoms with Crippen LogP contribution >= 0.6 is 0 Å². The largest absolute Gasteiger partial charge is 0.490 e. The predicted octanol–water partition coefficient (Wildman–Crippen LogP) is 5.13. The van der Waals surface area contributed by atoms with E-state index in [9.17, 15) is 37.8 Å². The molecule has 10 heteroatoms. The van der Waals surface area contributed by atoms with Crippen molar-refractivity contribution in [2.24, 2.45) is 46.3 Å². The first-order chi connectivity index (χ1) is 17.6. The molecule has 0 aromatic carbocycles. The van der Waals surface area contributed by atoms with Crippen molar-refractivity contribution in [3.05, 3.63) is 0 Å². The highest BCUT2D eigenvalue weighted by molar-refractivity contribution is 5.75. The average molecular weight is 547 g/mol. The molecule has 0 aliphatic heterocycles. The summed E-state index contributed by atoms with van der Waals surface area (Å²) in [4.78, 5) is 34.9. The van der Waals surface area contributed by atoms with Crippen LogP contribution in [-0.4, -0.2) is 52.6 Å². The van der Waals surface area contributed by atoms with Crippen molar-refractivity contribution in [3.8, 4) is 0 Å². The fraction of sp³-hybridized carbons (Fsp3) is 0.893. The standard InChI is InChI=1S/C28H41F3O7/c1-14(5-8-23(34)35)18-6-7-19-24-20(13-22(33)27(18,19)4)26(3)10-9-17(37-15(2)32)11-16(26)12-21(24)38-25(36)28(29,30)31/h14,16-22,24,33H,5-13H2,1-4H3,(H,34,35)/t14-,16+,17-,18-,19+,20+,21-,22+,24+,26+,27-/m1/s1. The number of ether oxygens (including phenoxy) is 2. The van der Waals surface area contributed by atoms with Crippen LogP contribution in [0.2, 0.25) is 0 Å². The van der Waals surface area contributed by atoms with Crippen LogP contribution in [0.4, 0.5) is 13.2 Å². The van der Waals surface area contributed by atoms with Gasteiger partial charge in [0.05, 0.1) is 6.10 Å². The molecule has 4 aliphatic carbocycles. The zero-order valence-corrected chi connectivity index (χ0v) is 22.6. The molecular formula is C28H41F3O7. The lowest BCUT2D eigenvalue weighted by Gasteiger charge is -2.64. The number of aliphatic hydroxyl groups excluding tert-OH is 1. The molecule has 4 fully saturated rings. The molecule has 4 aliphatic rings. The van der Waals surface area contributed by atoms with Gasteiger partial charge in [0, 0.05) is 19.3 Å². The number of carboxylic acid groups (broad SMARTS) is 1. The van der Waals surface area contributed by atoms with Gasteiger partial charge in [0.25, 0.3) is 0 Å². The third-order valence-electron chi connectivity index (χ3n) is 11.1. The molecule has 11 atom stereocenters. The monoisotopic (exact) mass is 546 g/mol. The second kappa shape index (κ2) is 10.3. The van der Waals surface area contributed by atoms with E-state index in [0.29, 0.717) is 38.5 Å². The molecule has 7 nitrogen and oxygen atoms in total. The van der Waals surface area contributed by atoms with Crippen LogP contribution in [0, 0.1) is 46.3 Å². The number of alkyl halides is 3. The van der Waals surface area contributed by atoms with Gasteiger partial charge in [-0.05, 0) is 91.8 Å². The minimum absolute atomic E-state index is 0.0204. The summed E-state index contributed by atoms with van der Waals surface area (Å²) in [7, 11) is 0. The Morgan fingerprint density at radius 2 is 1.71 bits per heavy atom. The molecule has 0 radical (unpaired) electrons. The van der Waals surface area contributed by atoms with Gasteiger partial charge in [0.1, 0.15) is 12.2 Å². The quantitative estimate of drug-likeness (QED) is 0.444. The summed E-state index contributed by atoms with van der Waals surface area (Å²) in [6, 6.07) is 0. The third kappa shape index (κ3) is 5.06. The van der Waals surface area contributed by atoms with Crippen LogP contribution in [0.15, 0.2) is 0 Å². The number of carbonyl (C=O) groups is 3. The highest BCUT2D eigenvalue weighted by Crippen LogP contribution is 2.69. The zero-order valence-electron chi connectivity index (χ0n) is 22.6. The lowest BCUT2D eigenvalue weighted by molar-refractivity contribution is -0.238. The molecule has 0 heterocycles. The minimum Gasteiger partial charge on any atom is -0.481 e. The van der Waals surface area contributed by atoms with Crippen molar-refractivity contribution >= 4 is 17.9 Å². The summed E-state index contributed by atoms with van der Waals surface area (Å²) >= 11 is 0. The molecule has 0 aromatic rings. The Hall–Kier alpha value is -1.84. The number of aliphatic hydroxyl groups is 1. The molecular weight excluding hydrogens is 505 g/mol. The maximum Gasteiger partial charge on any atom is 0.490 e. The van der Waals surface area contributed by atoms with Crippen LogP contribution in [-0.2, 0) is 23.9 Å². The number of fused-ring (bicyclic) bond motifs is 5. The van der Waals surface area contributed by atoms with Gasteiger partial charge in [-0.15, -0.1) is 0 Å². The van der Waals surface area contributed by atoms with E-state index in [4.69, 9.17) is 9.47 Å². The van der Waals surface area contributed by atoms with E-state index < -0.39 is 41.7 Å². The van der Waals surface area contributed by atoms with Crippen LogP contribution in [0.5, 0.6) is 0 Å². The molecule has 0 amide bonds. The molecule has 4 rings (SSSR count). The smallest absolute Gasteiger partial charge is 0.481 e. The maximum atomic E-state index is 13.3. The molecule has 216 valence electrons. The van der Waals surface area contributed by atoms with Crippen molar-refractivity contribution in [2.45, 2.75) is 110 Å². The Morgan fingerprint density at radius 1 is 1.03 bits per heavy atom. The molecule has 4 saturated carbocycles. The SMILES string of the molecule is CC(=O)O[C@@H]1CC[C@@]2(C)[C@@H](C1)C[C@@H](OC(=O)C(F)(F)F)[C@@H]1[C@@H]2C[C@H](O)[C@]2(C)[C@@H]([C@H](C)CCC(=O)O)CC[C@@H]12. The Kier molecular flexibility index (Phi) is 7.89. The van der Waals surface area contributed by atoms with E-state index in [1.54, 1.807) is 0 Å². The van der Waals surface area contributed by atoms with Crippen LogP contribution in [0.25, 0.3) is 0 Å². The first kappa shape index (κ1) is 29.2. The van der Waals surface area contributed by atoms with Crippen molar-refractivity contribution in [2.75, 3.05) is 0 Å². The van der Waals surface area contributed by atoms with Crippen molar-refractivity contribution in [1.29, 1.82) is 0 Å². The van der Waals surface area contributed by atoms with Crippen molar-refractivity contribution in [3.63, 3.8) is 0 Å². The second-order valence-corrected chi connectivity index (χ2v) is 12.9. The Morgan fingerprint density at radius 3 is 2.32 bits per heavy atom. The van der Waals surface area contributed by atoms with E-state index in [-0.39, 0.29) is 59.9 Å². The maximum absolute atomic E-state index is 13.3. The predicted molar refractivity (Wildman–Crippen MR) is 130 cm³/mol. The van der Waals surface area contributed by atoms with Gasteiger partial charge in [0.15, 0.2) is 0 Å². The van der Waals surface area contributed by atoms with Gasteiger partial charge in [0.2, 0.25) is 0 Å². The fourth-order valence-corrected chi connectivity index (χ4v) is 9.31. The summed E-state index contributed by atoms with van der Waals surface area (Å²) in [5, 5.41) is 20.9. The van der Waals surface area contributed by atoms with E-state index >= 15 is 0 Å². The average Bonchev–Trinajstić information content (AvgIpc) is 3.16. The Labute approximate surface area is 221 Å². The van der Waals surface area contributed by atoms with Gasteiger partial charge in [-0.2, -0.15) is 13.2 Å². The van der Waals surface area contributed by atoms with Crippen molar-refractivity contribution in [1.82, 2.24) is 0 Å². The van der Waals surface area contributed by atoms with Gasteiger partial charge in [-0.25, -0.2) is 4.79 Å². The molecule has 38 heavy (non-hydrogen) atoms. The number of esters is 2. The van der Waals surface area contributed by atoms with Gasteiger partial charge in [-0.3, -0.25) is 9.59 Å². The highest BCUT2D eigenvalue weighted by Gasteiger charge is 2.67. The topological polar surface area (TPSA) is 110 Å². The van der Waals surface area contributed by atoms with E-state index in [1.807, 2.05) is 13.8 Å². The van der Waals surface area contributed by atoms with Crippen LogP contribution in [0.1, 0.15) is 85.5 Å². The first-order valence-corrected chi connectivity index (χ1v) is 13.9. The molecule has 2 N–H and O–H groups in total. The number of hydrogen-bond acceptors (Lipinski definition) is 6. The first-order valence-electron chi connectivity index (χ1n) is 13.9. The molecule has 0 saturated heterocycles. The van der Waals surface area contributed by atoms with E-state index in [1.165, 1.54) is 6.92 Å². The second-order valence-electron chi connectivity index (χ2n) is 12.9. The number of aliphatic carboxylic acids is 1. The summed E-state index contributed by atoms with van der Waals surface area (Å²) in [5.41, 5.74) is -0.905. The number of rotatable bonds is 6. The number of carbonyl (C=O) groups excluding carboxylic acids is 2. The summed E-state index contributed by atoms with van der Waals surface area (Å²) in [6.07, 6.45) is -2.65. The van der Waals surface area contributed by atoms with E-state index in [2.05, 4.69) is 6.92 Å². The normalized spacial score (nSPS) is 43.3. The Balaban J connectivity index is 1.67. The lowest BCUT2D eigenvalue weighted by Crippen LogP contribution is -2.63. The van der Waals surface area contributed by atoms with Gasteiger partial charge < -0.3 is 19.7 Å². The van der Waals surface area contributed by atoms with Crippen LogP contribution in [0.3, 0.4) is 0 Å². The Bertz CT molecular complexity index is 938. The minimum atomic E-state index is -5.11. The molecule has 0 unspecified atom stereocenters. The van der Waals surface area contributed by atoms with E-state index in [0.717, 1.165) is 6.42 Å². The third-order valence-corrected chi connectivity index (χ3v) is 11.1. The highest BCUT2D eigenvalue weighted by atomic mass is 19.4. The number of carboxylic acids is 1. The molecule has 0 aromatic heterocycles. The van der Waals surface area contributed by atoms with Crippen molar-refractivity contribution < 1.29 is 47.2 Å². The van der Waals surface area contributed by atoms with Crippen LogP contribution < -0.4 is 0 Å². The number of hydrogen-bond donors (Lipinski definition) is 2. The van der Waals surface area contributed by atoms with Gasteiger partial charge in [-0.1, -0.05) is 20.8 Å². The fourth-order valence-electron chi connectivity index (χ4n) is 9.31.